The van der Waals surface area contributed by atoms with Gasteiger partial charge < -0.3 is 14.6 Å². The van der Waals surface area contributed by atoms with Gasteiger partial charge >= 0.3 is 0 Å². The molecule has 1 aliphatic heterocycles. The van der Waals surface area contributed by atoms with E-state index >= 15 is 0 Å². The van der Waals surface area contributed by atoms with Crippen LogP contribution in [0.2, 0.25) is 0 Å². The van der Waals surface area contributed by atoms with Crippen molar-refractivity contribution in [2.45, 2.75) is 32.8 Å². The fourth-order valence-corrected chi connectivity index (χ4v) is 3.50. The minimum atomic E-state index is -0.0441. The molecule has 1 aromatic carbocycles. The highest BCUT2D eigenvalue weighted by Gasteiger charge is 2.26. The summed E-state index contributed by atoms with van der Waals surface area (Å²) in [5, 5.41) is 1.05. The number of nitrogens with one attached hydrogen (secondary N) is 1. The van der Waals surface area contributed by atoms with Crippen LogP contribution < -0.4 is 4.74 Å². The van der Waals surface area contributed by atoms with Gasteiger partial charge in [0.05, 0.1) is 6.54 Å². The molecule has 1 amide bonds. The van der Waals surface area contributed by atoms with Gasteiger partial charge in [0.1, 0.15) is 11.9 Å². The summed E-state index contributed by atoms with van der Waals surface area (Å²) in [5.74, 6) is 1.34. The van der Waals surface area contributed by atoms with Gasteiger partial charge in [0.15, 0.2) is 0 Å². The van der Waals surface area contributed by atoms with Crippen molar-refractivity contribution in [3.63, 3.8) is 0 Å². The van der Waals surface area contributed by atoms with E-state index in [2.05, 4.69) is 15.0 Å². The summed E-state index contributed by atoms with van der Waals surface area (Å²) in [7, 11) is 0. The van der Waals surface area contributed by atoms with E-state index in [4.69, 9.17) is 4.74 Å². The largest absolute Gasteiger partial charge is 0.472 e. The number of nitrogens with zero attached hydrogens (tertiary/aromatic N) is 3. The van der Waals surface area contributed by atoms with Crippen LogP contribution in [0, 0.1) is 13.8 Å². The molecule has 6 nitrogen and oxygen atoms in total. The van der Waals surface area contributed by atoms with E-state index in [1.165, 1.54) is 0 Å². The second-order valence-electron chi connectivity index (χ2n) is 6.81. The Morgan fingerprint density at radius 1 is 1.23 bits per heavy atom. The number of fused-ring (bicyclic) bond motifs is 1. The number of rotatable bonds is 3. The number of piperidine rings is 1. The molecule has 1 fully saturated rings. The molecule has 1 N–H and O–H groups in total. The minimum Gasteiger partial charge on any atom is -0.472 e. The van der Waals surface area contributed by atoms with Gasteiger partial charge in [-0.2, -0.15) is 4.98 Å². The number of benzene rings is 1. The van der Waals surface area contributed by atoms with Gasteiger partial charge in [-0.05, 0) is 51.0 Å². The van der Waals surface area contributed by atoms with Crippen LogP contribution in [-0.4, -0.2) is 45.0 Å². The molecule has 4 rings (SSSR count). The van der Waals surface area contributed by atoms with Crippen LogP contribution in [0.15, 0.2) is 36.5 Å². The van der Waals surface area contributed by atoms with Crippen LogP contribution in [0.25, 0.3) is 10.9 Å². The molecule has 3 aromatic rings. The molecule has 2 aromatic heterocycles. The zero-order chi connectivity index (χ0) is 18.1. The molecule has 1 saturated heterocycles. The van der Waals surface area contributed by atoms with Gasteiger partial charge in [0, 0.05) is 41.0 Å². The van der Waals surface area contributed by atoms with E-state index in [-0.39, 0.29) is 12.0 Å². The zero-order valence-electron chi connectivity index (χ0n) is 15.0. The summed E-state index contributed by atoms with van der Waals surface area (Å²) in [4.78, 5) is 26.6. The second kappa shape index (κ2) is 6.78. The summed E-state index contributed by atoms with van der Waals surface area (Å²) in [6, 6.07) is 9.59. The van der Waals surface area contributed by atoms with E-state index in [0.717, 1.165) is 36.0 Å². The molecule has 0 saturated carbocycles. The first-order valence-corrected chi connectivity index (χ1v) is 8.94. The molecule has 1 atom stereocenters. The van der Waals surface area contributed by atoms with E-state index in [9.17, 15) is 4.79 Å². The van der Waals surface area contributed by atoms with Crippen molar-refractivity contribution in [2.75, 3.05) is 13.1 Å². The average Bonchev–Trinajstić information content (AvgIpc) is 3.08. The molecule has 0 radical (unpaired) electrons. The van der Waals surface area contributed by atoms with Crippen LogP contribution in [-0.2, 0) is 0 Å². The third kappa shape index (κ3) is 3.40. The zero-order valence-corrected chi connectivity index (χ0v) is 15.0. The van der Waals surface area contributed by atoms with Crippen LogP contribution in [0.4, 0.5) is 0 Å². The monoisotopic (exact) mass is 350 g/mol. The van der Waals surface area contributed by atoms with Gasteiger partial charge in [-0.25, -0.2) is 4.98 Å². The van der Waals surface area contributed by atoms with Crippen molar-refractivity contribution in [1.29, 1.82) is 0 Å². The van der Waals surface area contributed by atoms with Crippen LogP contribution in [0.3, 0.4) is 0 Å². The maximum atomic E-state index is 12.9. The van der Waals surface area contributed by atoms with Gasteiger partial charge in [-0.15, -0.1) is 0 Å². The molecule has 0 bridgehead atoms. The van der Waals surface area contributed by atoms with Crippen molar-refractivity contribution in [2.24, 2.45) is 0 Å². The van der Waals surface area contributed by atoms with E-state index in [1.54, 1.807) is 0 Å². The molecule has 26 heavy (non-hydrogen) atoms. The van der Waals surface area contributed by atoms with Gasteiger partial charge in [-0.3, -0.25) is 4.79 Å². The Morgan fingerprint density at radius 3 is 2.96 bits per heavy atom. The lowest BCUT2D eigenvalue weighted by Gasteiger charge is -2.32. The highest BCUT2D eigenvalue weighted by Crippen LogP contribution is 2.21. The lowest BCUT2D eigenvalue weighted by Crippen LogP contribution is -2.44. The van der Waals surface area contributed by atoms with Crippen molar-refractivity contribution >= 4 is 16.8 Å². The SMILES string of the molecule is Cc1cc(OC2CCCN(C(=O)c3ccc4[nH]ccc4c3)C2)nc(C)n1. The lowest BCUT2D eigenvalue weighted by atomic mass is 10.1. The molecule has 0 spiro atoms. The molecule has 6 heteroatoms. The van der Waals surface area contributed by atoms with Crippen molar-refractivity contribution < 1.29 is 9.53 Å². The molecule has 1 unspecified atom stereocenters. The quantitative estimate of drug-likeness (QED) is 0.787. The second-order valence-corrected chi connectivity index (χ2v) is 6.81. The average molecular weight is 350 g/mol. The highest BCUT2D eigenvalue weighted by molar-refractivity contribution is 5.98. The molecular formula is C20H22N4O2. The number of ether oxygens (including phenoxy) is 1. The number of hydrogen-bond donors (Lipinski definition) is 1. The van der Waals surface area contributed by atoms with Crippen LogP contribution in [0.1, 0.15) is 34.7 Å². The molecule has 3 heterocycles. The van der Waals surface area contributed by atoms with E-state index in [1.807, 2.05) is 55.3 Å². The fraction of sp³-hybridized carbons (Fsp3) is 0.350. The van der Waals surface area contributed by atoms with Crippen LogP contribution >= 0.6 is 0 Å². The van der Waals surface area contributed by atoms with Crippen molar-refractivity contribution in [3.05, 3.63) is 53.6 Å². The van der Waals surface area contributed by atoms with Gasteiger partial charge in [0.25, 0.3) is 5.91 Å². The Hall–Kier alpha value is -2.89. The molecule has 134 valence electrons. The van der Waals surface area contributed by atoms with Crippen molar-refractivity contribution in [1.82, 2.24) is 19.9 Å². The van der Waals surface area contributed by atoms with Crippen LogP contribution in [0.5, 0.6) is 5.88 Å². The van der Waals surface area contributed by atoms with Crippen molar-refractivity contribution in [3.8, 4) is 5.88 Å². The van der Waals surface area contributed by atoms with E-state index < -0.39 is 0 Å². The third-order valence-corrected chi connectivity index (χ3v) is 4.70. The number of likely N-dealkylation sites (tertiary alicyclic amines) is 1. The smallest absolute Gasteiger partial charge is 0.254 e. The minimum absolute atomic E-state index is 0.0441. The summed E-state index contributed by atoms with van der Waals surface area (Å²) >= 11 is 0. The summed E-state index contributed by atoms with van der Waals surface area (Å²) in [6.45, 7) is 5.11. The first-order chi connectivity index (χ1) is 12.6. The third-order valence-electron chi connectivity index (χ3n) is 4.70. The highest BCUT2D eigenvalue weighted by atomic mass is 16.5. The number of carbonyl (C=O) groups is 1. The number of aromatic nitrogens is 3. The fourth-order valence-electron chi connectivity index (χ4n) is 3.50. The number of amides is 1. The predicted molar refractivity (Wildman–Crippen MR) is 99.4 cm³/mol. The summed E-state index contributed by atoms with van der Waals surface area (Å²) in [5.41, 5.74) is 2.64. The normalized spacial score (nSPS) is 17.5. The Kier molecular flexibility index (Phi) is 4.32. The Labute approximate surface area is 152 Å². The van der Waals surface area contributed by atoms with E-state index in [0.29, 0.717) is 23.8 Å². The molecule has 0 aliphatic carbocycles. The predicted octanol–water partition coefficient (Wildman–Crippen LogP) is 3.26. The summed E-state index contributed by atoms with van der Waals surface area (Å²) in [6.07, 6.45) is 3.68. The maximum absolute atomic E-state index is 12.9. The topological polar surface area (TPSA) is 71.1 Å². The number of H-pyrrole nitrogens is 1. The maximum Gasteiger partial charge on any atom is 0.254 e. The first kappa shape index (κ1) is 16.6. The number of carbonyl (C=O) groups excluding carboxylic acids is 1. The Bertz CT molecular complexity index is 930. The van der Waals surface area contributed by atoms with Gasteiger partial charge in [0.2, 0.25) is 5.88 Å². The van der Waals surface area contributed by atoms with Gasteiger partial charge in [-0.1, -0.05) is 0 Å². The first-order valence-electron chi connectivity index (χ1n) is 8.94. The standard InChI is InChI=1S/C20H22N4O2/c1-13-10-19(23-14(2)22-13)26-17-4-3-9-24(12-17)20(25)16-5-6-18-15(11-16)7-8-21-18/h5-8,10-11,17,21H,3-4,9,12H2,1-2H3. The Balaban J connectivity index is 1.47. The lowest BCUT2D eigenvalue weighted by molar-refractivity contribution is 0.0527. The number of hydrogen-bond acceptors (Lipinski definition) is 4. The molecule has 1 aliphatic rings. The number of aromatic amines is 1. The molecular weight excluding hydrogens is 328 g/mol. The number of aryl methyl sites for hydroxylation is 2. The Morgan fingerprint density at radius 2 is 2.12 bits per heavy atom. The summed E-state index contributed by atoms with van der Waals surface area (Å²) < 4.78 is 6.04.